The standard InChI is InChI=1S/C27H22N2O2/c28-24-13-9-22(10-14-24)26(30)20-5-1-18(2-6-20)17-19-3-7-21(8-4-19)27(31)23-11-15-25(29)16-12-23/h1-16H,17,28-29H2. The van der Waals surface area contributed by atoms with E-state index in [1.807, 2.05) is 48.5 Å². The molecule has 0 unspecified atom stereocenters. The van der Waals surface area contributed by atoms with Gasteiger partial charge in [0.15, 0.2) is 11.6 Å². The van der Waals surface area contributed by atoms with Gasteiger partial charge in [-0.1, -0.05) is 48.5 Å². The van der Waals surface area contributed by atoms with Gasteiger partial charge in [0.25, 0.3) is 0 Å². The highest BCUT2D eigenvalue weighted by atomic mass is 16.1. The molecule has 0 saturated carbocycles. The molecule has 4 aromatic rings. The van der Waals surface area contributed by atoms with Crippen LogP contribution >= 0.6 is 0 Å². The first-order chi connectivity index (χ1) is 15.0. The van der Waals surface area contributed by atoms with Gasteiger partial charge >= 0.3 is 0 Å². The second-order valence-electron chi connectivity index (χ2n) is 7.47. The molecule has 4 nitrogen and oxygen atoms in total. The normalized spacial score (nSPS) is 10.6. The van der Waals surface area contributed by atoms with Crippen molar-refractivity contribution in [1.82, 2.24) is 0 Å². The van der Waals surface area contributed by atoms with Crippen LogP contribution in [0.15, 0.2) is 97.1 Å². The fourth-order valence-corrected chi connectivity index (χ4v) is 3.39. The number of nitrogen functional groups attached to an aromatic ring is 2. The maximum Gasteiger partial charge on any atom is 0.193 e. The Hall–Kier alpha value is -4.18. The van der Waals surface area contributed by atoms with E-state index in [0.29, 0.717) is 40.0 Å². The molecule has 0 aliphatic carbocycles. The molecular formula is C27H22N2O2. The van der Waals surface area contributed by atoms with Gasteiger partial charge in [0, 0.05) is 33.6 Å². The predicted octanol–water partition coefficient (Wildman–Crippen LogP) is 4.90. The van der Waals surface area contributed by atoms with Gasteiger partial charge < -0.3 is 11.5 Å². The van der Waals surface area contributed by atoms with Gasteiger partial charge in [0.2, 0.25) is 0 Å². The average Bonchev–Trinajstić information content (AvgIpc) is 2.80. The van der Waals surface area contributed by atoms with E-state index in [1.54, 1.807) is 48.5 Å². The van der Waals surface area contributed by atoms with E-state index in [2.05, 4.69) is 0 Å². The lowest BCUT2D eigenvalue weighted by molar-refractivity contribution is 0.103. The number of ketones is 2. The molecule has 152 valence electrons. The smallest absolute Gasteiger partial charge is 0.193 e. The lowest BCUT2D eigenvalue weighted by Gasteiger charge is -2.07. The molecule has 0 atom stereocenters. The van der Waals surface area contributed by atoms with Crippen molar-refractivity contribution in [3.63, 3.8) is 0 Å². The minimum atomic E-state index is -0.0305. The highest BCUT2D eigenvalue weighted by Crippen LogP contribution is 2.17. The Bertz CT molecular complexity index is 1110. The minimum absolute atomic E-state index is 0.0305. The molecule has 0 saturated heterocycles. The molecule has 0 bridgehead atoms. The van der Waals surface area contributed by atoms with Crippen LogP contribution in [0, 0.1) is 0 Å². The van der Waals surface area contributed by atoms with Crippen LogP contribution in [-0.2, 0) is 6.42 Å². The summed E-state index contributed by atoms with van der Waals surface area (Å²) in [4.78, 5) is 25.2. The Morgan fingerprint density at radius 2 is 0.710 bits per heavy atom. The zero-order valence-electron chi connectivity index (χ0n) is 16.9. The highest BCUT2D eigenvalue weighted by Gasteiger charge is 2.10. The highest BCUT2D eigenvalue weighted by molar-refractivity contribution is 6.09. The number of anilines is 2. The van der Waals surface area contributed by atoms with Crippen LogP contribution in [0.1, 0.15) is 43.0 Å². The first kappa shape index (κ1) is 20.1. The minimum Gasteiger partial charge on any atom is -0.399 e. The lowest BCUT2D eigenvalue weighted by atomic mass is 9.97. The number of hydrogen-bond acceptors (Lipinski definition) is 4. The summed E-state index contributed by atoms with van der Waals surface area (Å²) in [5.41, 5.74) is 17.3. The Kier molecular flexibility index (Phi) is 5.63. The van der Waals surface area contributed by atoms with Crippen molar-refractivity contribution in [2.24, 2.45) is 0 Å². The molecule has 0 spiro atoms. The molecule has 0 heterocycles. The third-order valence-electron chi connectivity index (χ3n) is 5.19. The van der Waals surface area contributed by atoms with E-state index >= 15 is 0 Å². The Morgan fingerprint density at radius 3 is 1.00 bits per heavy atom. The fourth-order valence-electron chi connectivity index (χ4n) is 3.39. The summed E-state index contributed by atoms with van der Waals surface area (Å²) in [5.74, 6) is -0.0610. The van der Waals surface area contributed by atoms with Gasteiger partial charge in [-0.15, -0.1) is 0 Å². The zero-order valence-corrected chi connectivity index (χ0v) is 16.9. The van der Waals surface area contributed by atoms with E-state index in [4.69, 9.17) is 11.5 Å². The van der Waals surface area contributed by atoms with Crippen molar-refractivity contribution in [3.05, 3.63) is 130 Å². The van der Waals surface area contributed by atoms with Crippen LogP contribution in [0.5, 0.6) is 0 Å². The quantitative estimate of drug-likeness (QED) is 0.352. The summed E-state index contributed by atoms with van der Waals surface area (Å²) < 4.78 is 0. The van der Waals surface area contributed by atoms with Crippen LogP contribution in [-0.4, -0.2) is 11.6 Å². The van der Waals surface area contributed by atoms with Crippen molar-refractivity contribution >= 4 is 22.9 Å². The largest absolute Gasteiger partial charge is 0.399 e. The first-order valence-electron chi connectivity index (χ1n) is 9.98. The van der Waals surface area contributed by atoms with E-state index in [1.165, 1.54) is 0 Å². The van der Waals surface area contributed by atoms with Gasteiger partial charge in [0.1, 0.15) is 0 Å². The molecule has 4 N–H and O–H groups in total. The van der Waals surface area contributed by atoms with E-state index < -0.39 is 0 Å². The molecule has 4 heteroatoms. The second kappa shape index (κ2) is 8.67. The molecular weight excluding hydrogens is 384 g/mol. The molecule has 4 rings (SSSR count). The molecule has 0 radical (unpaired) electrons. The van der Waals surface area contributed by atoms with Gasteiger partial charge in [-0.3, -0.25) is 9.59 Å². The Labute approximate surface area is 181 Å². The van der Waals surface area contributed by atoms with Crippen LogP contribution in [0.25, 0.3) is 0 Å². The van der Waals surface area contributed by atoms with Gasteiger partial charge in [-0.05, 0) is 66.1 Å². The van der Waals surface area contributed by atoms with E-state index in [-0.39, 0.29) is 11.6 Å². The lowest BCUT2D eigenvalue weighted by Crippen LogP contribution is -2.02. The number of carbonyl (C=O) groups excluding carboxylic acids is 2. The third kappa shape index (κ3) is 4.70. The van der Waals surface area contributed by atoms with Crippen molar-refractivity contribution in [3.8, 4) is 0 Å². The van der Waals surface area contributed by atoms with Crippen molar-refractivity contribution in [2.45, 2.75) is 6.42 Å². The third-order valence-corrected chi connectivity index (χ3v) is 5.19. The van der Waals surface area contributed by atoms with Crippen molar-refractivity contribution in [2.75, 3.05) is 11.5 Å². The maximum absolute atomic E-state index is 12.6. The maximum atomic E-state index is 12.6. The van der Waals surface area contributed by atoms with Gasteiger partial charge in [0.05, 0.1) is 0 Å². The van der Waals surface area contributed by atoms with Crippen LogP contribution in [0.4, 0.5) is 11.4 Å². The number of benzene rings is 4. The Morgan fingerprint density at radius 1 is 0.452 bits per heavy atom. The van der Waals surface area contributed by atoms with Crippen molar-refractivity contribution in [1.29, 1.82) is 0 Å². The summed E-state index contributed by atoms with van der Waals surface area (Å²) >= 11 is 0. The van der Waals surface area contributed by atoms with E-state index in [0.717, 1.165) is 11.1 Å². The molecule has 0 fully saturated rings. The molecule has 31 heavy (non-hydrogen) atoms. The number of hydrogen-bond donors (Lipinski definition) is 2. The van der Waals surface area contributed by atoms with E-state index in [9.17, 15) is 9.59 Å². The predicted molar refractivity (Wildman–Crippen MR) is 124 cm³/mol. The molecule has 0 aliphatic heterocycles. The van der Waals surface area contributed by atoms with Crippen LogP contribution in [0.3, 0.4) is 0 Å². The van der Waals surface area contributed by atoms with Gasteiger partial charge in [-0.25, -0.2) is 0 Å². The first-order valence-corrected chi connectivity index (χ1v) is 9.98. The monoisotopic (exact) mass is 406 g/mol. The summed E-state index contributed by atoms with van der Waals surface area (Å²) in [6.07, 6.45) is 0.715. The second-order valence-corrected chi connectivity index (χ2v) is 7.47. The number of carbonyl (C=O) groups is 2. The fraction of sp³-hybridized carbons (Fsp3) is 0.0370. The van der Waals surface area contributed by atoms with Crippen molar-refractivity contribution < 1.29 is 9.59 Å². The van der Waals surface area contributed by atoms with Gasteiger partial charge in [-0.2, -0.15) is 0 Å². The zero-order chi connectivity index (χ0) is 21.8. The summed E-state index contributed by atoms with van der Waals surface area (Å²) in [6.45, 7) is 0. The summed E-state index contributed by atoms with van der Waals surface area (Å²) in [5, 5.41) is 0. The molecule has 4 aromatic carbocycles. The topological polar surface area (TPSA) is 86.2 Å². The van der Waals surface area contributed by atoms with Crippen LogP contribution < -0.4 is 11.5 Å². The van der Waals surface area contributed by atoms with Crippen LogP contribution in [0.2, 0.25) is 0 Å². The SMILES string of the molecule is Nc1ccc(C(=O)c2ccc(Cc3ccc(C(=O)c4ccc(N)cc4)cc3)cc2)cc1. The Balaban J connectivity index is 1.43. The number of nitrogens with two attached hydrogens (primary N) is 2. The summed E-state index contributed by atoms with van der Waals surface area (Å²) in [7, 11) is 0. The number of rotatable bonds is 6. The summed E-state index contributed by atoms with van der Waals surface area (Å²) in [6, 6.07) is 29.0. The average molecular weight is 406 g/mol. The molecule has 0 amide bonds. The molecule has 0 aromatic heterocycles. The molecule has 0 aliphatic rings.